The molecule has 0 saturated carbocycles. The number of piperazine rings is 1. The van der Waals surface area contributed by atoms with Gasteiger partial charge in [-0.3, -0.25) is 9.69 Å². The maximum absolute atomic E-state index is 14.0. The summed E-state index contributed by atoms with van der Waals surface area (Å²) >= 11 is 13.3. The number of alkyl halides is 2. The van der Waals surface area contributed by atoms with Crippen LogP contribution in [0.4, 0.5) is 8.78 Å². The third-order valence-electron chi connectivity index (χ3n) is 7.59. The highest BCUT2D eigenvalue weighted by molar-refractivity contribution is 6.38. The summed E-state index contributed by atoms with van der Waals surface area (Å²) in [4.78, 5) is 22.4. The molecule has 200 valence electrons. The van der Waals surface area contributed by atoms with Crippen LogP contribution >= 0.6 is 23.2 Å². The number of imidazole rings is 1. The molecule has 0 unspecified atom stereocenters. The van der Waals surface area contributed by atoms with E-state index in [0.717, 1.165) is 32.9 Å². The van der Waals surface area contributed by atoms with Gasteiger partial charge in [-0.05, 0) is 55.2 Å². The molecule has 0 atom stereocenters. The standard InChI is InChI=1S/C28H34Cl2F2N4O/c1-6-19(7-2)35-10-12-36(13-11-35)27(37)20-8-9-22(29)21(25(20)30)16-24-33-26-17(3)14-18(28(4,31)32)15-23(26)34(24)5/h8-9,14-15,19H,6-7,10-13,16H2,1-5H3. The number of rotatable bonds is 7. The third-order valence-corrected chi connectivity index (χ3v) is 8.37. The maximum Gasteiger partial charge on any atom is 0.270 e. The molecule has 0 spiro atoms. The average Bonchev–Trinajstić information content (AvgIpc) is 3.18. The predicted octanol–water partition coefficient (Wildman–Crippen LogP) is 6.84. The number of carbonyl (C=O) groups is 1. The second-order valence-electron chi connectivity index (χ2n) is 10.00. The molecule has 2 heterocycles. The van der Waals surface area contributed by atoms with Crippen molar-refractivity contribution in [3.8, 4) is 0 Å². The maximum atomic E-state index is 14.0. The summed E-state index contributed by atoms with van der Waals surface area (Å²) in [5.74, 6) is -2.44. The summed E-state index contributed by atoms with van der Waals surface area (Å²) in [7, 11) is 1.79. The zero-order valence-corrected chi connectivity index (χ0v) is 23.6. The zero-order chi connectivity index (χ0) is 27.1. The normalized spacial score (nSPS) is 15.2. The lowest BCUT2D eigenvalue weighted by Gasteiger charge is -2.39. The van der Waals surface area contributed by atoms with Crippen molar-refractivity contribution >= 4 is 40.1 Å². The van der Waals surface area contributed by atoms with Gasteiger partial charge in [0.05, 0.1) is 21.6 Å². The molecular formula is C28H34Cl2F2N4O. The van der Waals surface area contributed by atoms with Gasteiger partial charge < -0.3 is 9.47 Å². The summed E-state index contributed by atoms with van der Waals surface area (Å²) < 4.78 is 29.8. The van der Waals surface area contributed by atoms with Gasteiger partial charge in [0.25, 0.3) is 11.8 Å². The highest BCUT2D eigenvalue weighted by Crippen LogP contribution is 2.34. The number of benzene rings is 2. The number of fused-ring (bicyclic) bond motifs is 1. The fourth-order valence-electron chi connectivity index (χ4n) is 5.27. The Balaban J connectivity index is 1.61. The van der Waals surface area contributed by atoms with Gasteiger partial charge >= 0.3 is 0 Å². The Morgan fingerprint density at radius 1 is 1.11 bits per heavy atom. The quantitative estimate of drug-likeness (QED) is 0.323. The van der Waals surface area contributed by atoms with E-state index in [2.05, 4.69) is 18.7 Å². The monoisotopic (exact) mass is 550 g/mol. The van der Waals surface area contributed by atoms with E-state index in [1.54, 1.807) is 30.7 Å². The van der Waals surface area contributed by atoms with Crippen LogP contribution in [0.3, 0.4) is 0 Å². The van der Waals surface area contributed by atoms with Crippen LogP contribution < -0.4 is 0 Å². The van der Waals surface area contributed by atoms with Gasteiger partial charge in [-0.25, -0.2) is 13.8 Å². The summed E-state index contributed by atoms with van der Waals surface area (Å²) in [5, 5.41) is 0.745. The number of aromatic nitrogens is 2. The molecule has 1 saturated heterocycles. The van der Waals surface area contributed by atoms with E-state index in [4.69, 9.17) is 28.2 Å². The van der Waals surface area contributed by atoms with Crippen LogP contribution in [-0.4, -0.2) is 57.5 Å². The van der Waals surface area contributed by atoms with Gasteiger partial charge in [0.1, 0.15) is 5.82 Å². The Kier molecular flexibility index (Phi) is 8.17. The van der Waals surface area contributed by atoms with E-state index in [-0.39, 0.29) is 17.9 Å². The Hall–Kier alpha value is -2.22. The topological polar surface area (TPSA) is 41.4 Å². The minimum Gasteiger partial charge on any atom is -0.336 e. The number of hydrogen-bond donors (Lipinski definition) is 0. The van der Waals surface area contributed by atoms with Gasteiger partial charge in [0.2, 0.25) is 0 Å². The molecule has 0 radical (unpaired) electrons. The minimum atomic E-state index is -2.95. The molecule has 3 aromatic rings. The summed E-state index contributed by atoms with van der Waals surface area (Å²) in [6.07, 6.45) is 2.46. The van der Waals surface area contributed by atoms with Crippen LogP contribution in [0.1, 0.15) is 66.5 Å². The zero-order valence-electron chi connectivity index (χ0n) is 22.0. The summed E-state index contributed by atoms with van der Waals surface area (Å²) in [6, 6.07) is 6.86. The van der Waals surface area contributed by atoms with Crippen molar-refractivity contribution in [2.45, 2.75) is 58.9 Å². The molecule has 1 aliphatic heterocycles. The Bertz CT molecular complexity index is 1310. The van der Waals surface area contributed by atoms with E-state index >= 15 is 0 Å². The van der Waals surface area contributed by atoms with Gasteiger partial charge in [0.15, 0.2) is 0 Å². The fraction of sp³-hybridized carbons (Fsp3) is 0.500. The predicted molar refractivity (Wildman–Crippen MR) is 146 cm³/mol. The Morgan fingerprint density at radius 3 is 2.35 bits per heavy atom. The van der Waals surface area contributed by atoms with Crippen molar-refractivity contribution in [2.75, 3.05) is 26.2 Å². The van der Waals surface area contributed by atoms with Crippen LogP contribution in [0, 0.1) is 6.92 Å². The molecule has 4 rings (SSSR count). The van der Waals surface area contributed by atoms with E-state index < -0.39 is 5.92 Å². The number of halogens is 4. The molecule has 1 aliphatic rings. The van der Waals surface area contributed by atoms with E-state index in [9.17, 15) is 13.6 Å². The number of carbonyl (C=O) groups excluding carboxylic acids is 1. The van der Waals surface area contributed by atoms with Crippen molar-refractivity contribution in [3.63, 3.8) is 0 Å². The minimum absolute atomic E-state index is 0.0556. The van der Waals surface area contributed by atoms with Crippen LogP contribution in [0.5, 0.6) is 0 Å². The van der Waals surface area contributed by atoms with E-state index in [1.165, 1.54) is 12.1 Å². The second-order valence-corrected chi connectivity index (χ2v) is 10.8. The third kappa shape index (κ3) is 5.50. The van der Waals surface area contributed by atoms with Crippen LogP contribution in [0.2, 0.25) is 10.0 Å². The van der Waals surface area contributed by atoms with Crippen LogP contribution in [0.25, 0.3) is 11.0 Å². The lowest BCUT2D eigenvalue weighted by atomic mass is 10.1. The number of amides is 1. The molecule has 5 nitrogen and oxygen atoms in total. The van der Waals surface area contributed by atoms with Gasteiger partial charge in [-0.15, -0.1) is 0 Å². The Morgan fingerprint density at radius 2 is 1.76 bits per heavy atom. The first-order chi connectivity index (χ1) is 17.5. The molecule has 2 aromatic carbocycles. The van der Waals surface area contributed by atoms with Crippen molar-refractivity contribution < 1.29 is 13.6 Å². The molecule has 1 fully saturated rings. The summed E-state index contributed by atoms with van der Waals surface area (Å²) in [5.41, 5.74) is 2.90. The molecule has 9 heteroatoms. The van der Waals surface area contributed by atoms with Gasteiger partial charge in [-0.1, -0.05) is 37.0 Å². The highest BCUT2D eigenvalue weighted by Gasteiger charge is 2.29. The lowest BCUT2D eigenvalue weighted by Crippen LogP contribution is -2.51. The van der Waals surface area contributed by atoms with E-state index in [1.807, 2.05) is 4.90 Å². The number of nitrogens with zero attached hydrogens (tertiary/aromatic N) is 4. The molecule has 37 heavy (non-hydrogen) atoms. The van der Waals surface area contributed by atoms with Crippen molar-refractivity contribution in [1.82, 2.24) is 19.4 Å². The fourth-order valence-corrected chi connectivity index (χ4v) is 5.85. The largest absolute Gasteiger partial charge is 0.336 e. The van der Waals surface area contributed by atoms with Crippen LogP contribution in [-0.2, 0) is 19.4 Å². The Labute approximate surface area is 227 Å². The van der Waals surface area contributed by atoms with Crippen molar-refractivity contribution in [3.05, 3.63) is 62.4 Å². The SMILES string of the molecule is CCC(CC)N1CCN(C(=O)c2ccc(Cl)c(Cc3nc4c(C)cc(C(C)(F)F)cc4n3C)c2Cl)CC1. The average molecular weight is 552 g/mol. The molecule has 1 aromatic heterocycles. The van der Waals surface area contributed by atoms with Crippen molar-refractivity contribution in [2.24, 2.45) is 7.05 Å². The first kappa shape index (κ1) is 27.8. The van der Waals surface area contributed by atoms with Gasteiger partial charge in [-0.2, -0.15) is 0 Å². The summed E-state index contributed by atoms with van der Waals surface area (Å²) in [6.45, 7) is 10.0. The molecular weight excluding hydrogens is 517 g/mol. The number of aryl methyl sites for hydroxylation is 2. The first-order valence-corrected chi connectivity index (χ1v) is 13.6. The first-order valence-electron chi connectivity index (χ1n) is 12.8. The van der Waals surface area contributed by atoms with Crippen LogP contribution in [0.15, 0.2) is 24.3 Å². The van der Waals surface area contributed by atoms with Gasteiger partial charge in [0, 0.05) is 63.2 Å². The molecule has 0 N–H and O–H groups in total. The molecule has 0 aliphatic carbocycles. The lowest BCUT2D eigenvalue weighted by molar-refractivity contribution is 0.0175. The highest BCUT2D eigenvalue weighted by atomic mass is 35.5. The molecule has 0 bridgehead atoms. The van der Waals surface area contributed by atoms with Crippen molar-refractivity contribution in [1.29, 1.82) is 0 Å². The number of hydrogen-bond acceptors (Lipinski definition) is 3. The smallest absolute Gasteiger partial charge is 0.270 e. The molecule has 1 amide bonds. The van der Waals surface area contributed by atoms with E-state index in [0.29, 0.717) is 62.7 Å². The second kappa shape index (κ2) is 10.9.